The summed E-state index contributed by atoms with van der Waals surface area (Å²) in [5.74, 6) is -0.337. The van der Waals surface area contributed by atoms with Crippen LogP contribution in [0.1, 0.15) is 29.3 Å². The maximum Gasteiger partial charge on any atom is 0.253 e. The summed E-state index contributed by atoms with van der Waals surface area (Å²) >= 11 is 0. The van der Waals surface area contributed by atoms with E-state index in [2.05, 4.69) is 5.32 Å². The van der Waals surface area contributed by atoms with Crippen LogP contribution in [0.3, 0.4) is 0 Å². The number of nitrogens with one attached hydrogen (secondary N) is 1. The molecule has 20 heavy (non-hydrogen) atoms. The molecule has 1 aromatic rings. The van der Waals surface area contributed by atoms with Gasteiger partial charge in [0, 0.05) is 30.9 Å². The summed E-state index contributed by atoms with van der Waals surface area (Å²) in [5, 5.41) is 3.28. The zero-order valence-electron chi connectivity index (χ0n) is 11.6. The summed E-state index contributed by atoms with van der Waals surface area (Å²) in [4.78, 5) is 25.7. The molecule has 1 aromatic carbocycles. The average Bonchev–Trinajstić information content (AvgIpc) is 3.04. The van der Waals surface area contributed by atoms with Gasteiger partial charge in [-0.3, -0.25) is 9.59 Å². The number of anilines is 1. The van der Waals surface area contributed by atoms with Crippen LogP contribution in [-0.4, -0.2) is 36.3 Å². The number of carbonyl (C=O) groups excluding carboxylic acids is 2. The van der Waals surface area contributed by atoms with Crippen LogP contribution in [0.4, 0.5) is 5.69 Å². The smallest absolute Gasteiger partial charge is 0.253 e. The quantitative estimate of drug-likeness (QED) is 0.844. The Balaban J connectivity index is 1.79. The summed E-state index contributed by atoms with van der Waals surface area (Å²) in [7, 11) is 0. The molecule has 2 aliphatic heterocycles. The summed E-state index contributed by atoms with van der Waals surface area (Å²) in [5.41, 5.74) is 7.83. The highest BCUT2D eigenvalue weighted by Crippen LogP contribution is 2.31. The van der Waals surface area contributed by atoms with E-state index in [0.29, 0.717) is 25.1 Å². The van der Waals surface area contributed by atoms with E-state index < -0.39 is 5.41 Å². The highest BCUT2D eigenvalue weighted by molar-refractivity contribution is 5.96. The lowest BCUT2D eigenvalue weighted by molar-refractivity contribution is -0.126. The highest BCUT2D eigenvalue weighted by atomic mass is 16.2. The number of rotatable bonds is 2. The predicted molar refractivity (Wildman–Crippen MR) is 76.5 cm³/mol. The first-order valence-electron chi connectivity index (χ1n) is 6.96. The lowest BCUT2D eigenvalue weighted by Crippen LogP contribution is -2.38. The molecule has 3 N–H and O–H groups in total. The third kappa shape index (κ3) is 2.03. The van der Waals surface area contributed by atoms with Gasteiger partial charge in [-0.2, -0.15) is 0 Å². The first-order valence-corrected chi connectivity index (χ1v) is 6.96. The summed E-state index contributed by atoms with van der Waals surface area (Å²) in [6.45, 7) is 3.76. The van der Waals surface area contributed by atoms with Gasteiger partial charge in [0.1, 0.15) is 0 Å². The normalized spacial score (nSPS) is 24.4. The second kappa shape index (κ2) is 4.51. The van der Waals surface area contributed by atoms with Crippen molar-refractivity contribution in [1.82, 2.24) is 4.90 Å². The third-order valence-electron chi connectivity index (χ3n) is 4.42. The molecule has 1 fully saturated rings. The van der Waals surface area contributed by atoms with Crippen LogP contribution >= 0.6 is 0 Å². The van der Waals surface area contributed by atoms with Crippen LogP contribution in [0, 0.1) is 5.41 Å². The van der Waals surface area contributed by atoms with Crippen molar-refractivity contribution >= 4 is 17.5 Å². The van der Waals surface area contributed by atoms with Crippen molar-refractivity contribution in [2.75, 3.05) is 25.0 Å². The Labute approximate surface area is 118 Å². The van der Waals surface area contributed by atoms with E-state index in [9.17, 15) is 9.59 Å². The molecule has 1 saturated heterocycles. The fourth-order valence-corrected chi connectivity index (χ4v) is 2.96. The Hall–Kier alpha value is -2.04. The Morgan fingerprint density at radius 3 is 2.90 bits per heavy atom. The van der Waals surface area contributed by atoms with Crippen molar-refractivity contribution in [2.45, 2.75) is 19.8 Å². The molecular weight excluding hydrogens is 254 g/mol. The first-order chi connectivity index (χ1) is 9.49. The van der Waals surface area contributed by atoms with Gasteiger partial charge in [0.2, 0.25) is 5.91 Å². The second-order valence-corrected chi connectivity index (χ2v) is 5.95. The Morgan fingerprint density at radius 1 is 1.40 bits per heavy atom. The maximum absolute atomic E-state index is 12.5. The van der Waals surface area contributed by atoms with E-state index in [1.54, 1.807) is 4.90 Å². The second-order valence-electron chi connectivity index (χ2n) is 5.95. The molecule has 1 unspecified atom stereocenters. The Morgan fingerprint density at radius 2 is 2.20 bits per heavy atom. The van der Waals surface area contributed by atoms with Crippen LogP contribution in [0.2, 0.25) is 0 Å². The molecule has 0 radical (unpaired) electrons. The molecule has 0 aliphatic carbocycles. The lowest BCUT2D eigenvalue weighted by atomic mass is 9.89. The van der Waals surface area contributed by atoms with E-state index in [-0.39, 0.29) is 11.8 Å². The number of benzene rings is 1. The van der Waals surface area contributed by atoms with Gasteiger partial charge in [-0.25, -0.2) is 0 Å². The number of hydrogen-bond donors (Lipinski definition) is 2. The highest BCUT2D eigenvalue weighted by Gasteiger charge is 2.40. The van der Waals surface area contributed by atoms with Crippen molar-refractivity contribution in [1.29, 1.82) is 0 Å². The molecule has 2 heterocycles. The largest absolute Gasteiger partial charge is 0.384 e. The van der Waals surface area contributed by atoms with Crippen molar-refractivity contribution in [3.8, 4) is 0 Å². The molecule has 0 saturated carbocycles. The van der Waals surface area contributed by atoms with Crippen molar-refractivity contribution < 1.29 is 9.59 Å². The van der Waals surface area contributed by atoms with Crippen molar-refractivity contribution in [2.24, 2.45) is 11.1 Å². The van der Waals surface area contributed by atoms with Crippen molar-refractivity contribution in [3.63, 3.8) is 0 Å². The van der Waals surface area contributed by atoms with Gasteiger partial charge in [0.25, 0.3) is 5.91 Å². The van der Waals surface area contributed by atoms with Gasteiger partial charge in [-0.15, -0.1) is 0 Å². The fraction of sp³-hybridized carbons (Fsp3) is 0.467. The molecule has 5 heteroatoms. The Kier molecular flexibility index (Phi) is 2.92. The van der Waals surface area contributed by atoms with Crippen molar-refractivity contribution in [3.05, 3.63) is 29.3 Å². The van der Waals surface area contributed by atoms with E-state index in [1.807, 2.05) is 25.1 Å². The third-order valence-corrected chi connectivity index (χ3v) is 4.42. The van der Waals surface area contributed by atoms with Gasteiger partial charge < -0.3 is 16.0 Å². The van der Waals surface area contributed by atoms with E-state index >= 15 is 0 Å². The summed E-state index contributed by atoms with van der Waals surface area (Å²) in [6, 6.07) is 5.76. The number of nitrogens with zero attached hydrogens (tertiary/aromatic N) is 1. The minimum atomic E-state index is -0.589. The molecule has 0 bridgehead atoms. The average molecular weight is 273 g/mol. The number of primary amides is 1. The molecule has 5 nitrogen and oxygen atoms in total. The molecule has 106 valence electrons. The van der Waals surface area contributed by atoms with Crippen LogP contribution < -0.4 is 11.1 Å². The van der Waals surface area contributed by atoms with Crippen LogP contribution in [0.5, 0.6) is 0 Å². The topological polar surface area (TPSA) is 75.4 Å². The molecule has 0 aromatic heterocycles. The minimum Gasteiger partial charge on any atom is -0.384 e. The number of hydrogen-bond acceptors (Lipinski definition) is 3. The molecule has 1 atom stereocenters. The van der Waals surface area contributed by atoms with Gasteiger partial charge in [0.05, 0.1) is 5.41 Å². The molecule has 3 rings (SSSR count). The number of fused-ring (bicyclic) bond motifs is 1. The molecule has 2 aliphatic rings. The number of nitrogens with two attached hydrogens (primary N) is 1. The van der Waals surface area contributed by atoms with E-state index in [1.165, 1.54) is 5.56 Å². The summed E-state index contributed by atoms with van der Waals surface area (Å²) < 4.78 is 0. The molecule has 2 amide bonds. The lowest BCUT2D eigenvalue weighted by Gasteiger charge is -2.21. The standard InChI is InChI=1S/C15H19N3O2/c1-15(14(16)20)5-7-18(9-15)13(19)11-2-3-12-10(8-11)4-6-17-12/h2-3,8,17H,4-7,9H2,1H3,(H2,16,20). The SMILES string of the molecule is CC1(C(N)=O)CCN(C(=O)c2ccc3c(c2)CCN3)C1. The molecule has 0 spiro atoms. The van der Waals surface area contributed by atoms with E-state index in [0.717, 1.165) is 18.7 Å². The maximum atomic E-state index is 12.5. The van der Waals surface area contributed by atoms with E-state index in [4.69, 9.17) is 5.73 Å². The first kappa shape index (κ1) is 13.0. The fourth-order valence-electron chi connectivity index (χ4n) is 2.96. The van der Waals surface area contributed by atoms with Crippen LogP contribution in [-0.2, 0) is 11.2 Å². The number of likely N-dealkylation sites (tertiary alicyclic amines) is 1. The zero-order valence-corrected chi connectivity index (χ0v) is 11.6. The van der Waals surface area contributed by atoms with Crippen LogP contribution in [0.15, 0.2) is 18.2 Å². The van der Waals surface area contributed by atoms with Gasteiger partial charge >= 0.3 is 0 Å². The monoisotopic (exact) mass is 273 g/mol. The van der Waals surface area contributed by atoms with Gasteiger partial charge in [-0.1, -0.05) is 0 Å². The summed E-state index contributed by atoms with van der Waals surface area (Å²) in [6.07, 6.45) is 1.59. The van der Waals surface area contributed by atoms with Gasteiger partial charge in [-0.05, 0) is 43.5 Å². The van der Waals surface area contributed by atoms with Gasteiger partial charge in [0.15, 0.2) is 0 Å². The number of amides is 2. The number of carbonyl (C=O) groups is 2. The van der Waals surface area contributed by atoms with Crippen LogP contribution in [0.25, 0.3) is 0 Å². The Bertz CT molecular complexity index is 584. The minimum absolute atomic E-state index is 0.00956. The predicted octanol–water partition coefficient (Wildman–Crippen LogP) is 0.992. The molecular formula is C15H19N3O2. The zero-order chi connectivity index (χ0) is 14.3.